The third kappa shape index (κ3) is 6.29. The van der Waals surface area contributed by atoms with Crippen LogP contribution in [0, 0.1) is 24.7 Å². The Balaban J connectivity index is 1.20. The van der Waals surface area contributed by atoms with Crippen LogP contribution in [-0.4, -0.2) is 60.0 Å². The van der Waals surface area contributed by atoms with Crippen molar-refractivity contribution >= 4 is 0 Å². The summed E-state index contributed by atoms with van der Waals surface area (Å²) in [5.74, 6) is 1.12. The number of fused-ring (bicyclic) bond motifs is 1. The number of nitrogens with one attached hydrogen (secondary N) is 1. The number of benzene rings is 1. The summed E-state index contributed by atoms with van der Waals surface area (Å²) in [4.78, 5) is 2.58. The summed E-state index contributed by atoms with van der Waals surface area (Å²) in [5.41, 5.74) is 3.88. The van der Waals surface area contributed by atoms with Crippen molar-refractivity contribution in [2.24, 2.45) is 17.8 Å². The smallest absolute Gasteiger partial charge is 0.0761 e. The first-order valence-corrected chi connectivity index (χ1v) is 12.3. The van der Waals surface area contributed by atoms with Crippen LogP contribution in [0.25, 0.3) is 0 Å². The Morgan fingerprint density at radius 3 is 2.90 bits per heavy atom. The second kappa shape index (κ2) is 10.9. The van der Waals surface area contributed by atoms with Crippen LogP contribution in [0.2, 0.25) is 0 Å². The summed E-state index contributed by atoms with van der Waals surface area (Å²) in [6.07, 6.45) is 12.1. The van der Waals surface area contributed by atoms with E-state index in [2.05, 4.69) is 47.5 Å². The van der Waals surface area contributed by atoms with Crippen molar-refractivity contribution in [1.82, 2.24) is 10.2 Å². The number of hydrogen-bond acceptors (Lipinski definition) is 4. The van der Waals surface area contributed by atoms with Gasteiger partial charge in [-0.05, 0) is 82.6 Å². The normalized spacial score (nSPS) is 29.6. The van der Waals surface area contributed by atoms with Gasteiger partial charge in [0.25, 0.3) is 0 Å². The minimum atomic E-state index is -0.501. The number of nitrogens with zero attached hydrogens (tertiary/aromatic N) is 1. The molecule has 4 nitrogen and oxygen atoms in total. The highest BCUT2D eigenvalue weighted by molar-refractivity contribution is 5.24. The SMILES string of the molecule is Cc1cccc(C[C@@H](O)C=C[C@@H]2[C@H]3CC(CNCCCN4CCCC4)=C[C@H]3C[C@H]2O)c1. The van der Waals surface area contributed by atoms with Crippen molar-refractivity contribution in [3.8, 4) is 0 Å². The molecule has 4 heteroatoms. The van der Waals surface area contributed by atoms with Gasteiger partial charge in [0.15, 0.2) is 0 Å². The van der Waals surface area contributed by atoms with E-state index in [1.807, 2.05) is 12.1 Å². The Bertz CT molecular complexity index is 768. The minimum Gasteiger partial charge on any atom is -0.392 e. The van der Waals surface area contributed by atoms with Gasteiger partial charge in [0, 0.05) is 18.9 Å². The topological polar surface area (TPSA) is 55.7 Å². The average Bonchev–Trinajstić information content (AvgIpc) is 3.43. The second-order valence-corrected chi connectivity index (χ2v) is 9.96. The van der Waals surface area contributed by atoms with E-state index in [1.165, 1.54) is 50.0 Å². The summed E-state index contributed by atoms with van der Waals surface area (Å²) in [7, 11) is 0. The molecule has 0 amide bonds. The third-order valence-electron chi connectivity index (χ3n) is 7.41. The van der Waals surface area contributed by atoms with Crippen molar-refractivity contribution in [3.05, 3.63) is 59.2 Å². The maximum Gasteiger partial charge on any atom is 0.0761 e. The van der Waals surface area contributed by atoms with Crippen LogP contribution in [0.1, 0.15) is 43.2 Å². The number of allylic oxidation sites excluding steroid dienone is 1. The summed E-state index contributed by atoms with van der Waals surface area (Å²) < 4.78 is 0. The standard InChI is InChI=1S/C27H40N2O2/c1-20-6-4-7-21(14-20)16-24(30)8-9-25-26-17-22(15-23(26)18-27(25)31)19-28-10-5-13-29-11-2-3-12-29/h4,6-9,14-15,23-28,30-31H,2-3,5,10-13,16-19H2,1H3/t23-,24-,25+,26-,27+/m0/s1. The van der Waals surface area contributed by atoms with E-state index in [0.29, 0.717) is 18.3 Å². The molecule has 0 unspecified atom stereocenters. The minimum absolute atomic E-state index is 0.154. The molecule has 2 aliphatic carbocycles. The second-order valence-electron chi connectivity index (χ2n) is 9.96. The molecule has 4 rings (SSSR count). The molecule has 1 saturated heterocycles. The van der Waals surface area contributed by atoms with E-state index >= 15 is 0 Å². The Morgan fingerprint density at radius 2 is 2.10 bits per heavy atom. The molecule has 1 saturated carbocycles. The molecular formula is C27H40N2O2. The van der Waals surface area contributed by atoms with Crippen molar-refractivity contribution < 1.29 is 10.2 Å². The molecule has 0 aromatic heterocycles. The molecule has 0 radical (unpaired) electrons. The zero-order valence-corrected chi connectivity index (χ0v) is 19.0. The molecule has 1 heterocycles. The van der Waals surface area contributed by atoms with Crippen molar-refractivity contribution in [3.63, 3.8) is 0 Å². The lowest BCUT2D eigenvalue weighted by Gasteiger charge is -2.19. The van der Waals surface area contributed by atoms with E-state index < -0.39 is 6.10 Å². The Morgan fingerprint density at radius 1 is 1.26 bits per heavy atom. The van der Waals surface area contributed by atoms with Gasteiger partial charge < -0.3 is 20.4 Å². The Hall–Kier alpha value is -1.46. The lowest BCUT2D eigenvalue weighted by Crippen LogP contribution is -2.26. The summed E-state index contributed by atoms with van der Waals surface area (Å²) in [6.45, 7) is 7.93. The van der Waals surface area contributed by atoms with Gasteiger partial charge in [0.2, 0.25) is 0 Å². The van der Waals surface area contributed by atoms with Gasteiger partial charge in [-0.15, -0.1) is 0 Å². The van der Waals surface area contributed by atoms with Gasteiger partial charge in [-0.2, -0.15) is 0 Å². The maximum absolute atomic E-state index is 10.6. The van der Waals surface area contributed by atoms with Crippen molar-refractivity contribution in [2.75, 3.05) is 32.7 Å². The Kier molecular flexibility index (Phi) is 8.00. The van der Waals surface area contributed by atoms with E-state index in [0.717, 1.165) is 31.5 Å². The molecule has 1 aromatic carbocycles. The highest BCUT2D eigenvalue weighted by Crippen LogP contribution is 2.47. The van der Waals surface area contributed by atoms with E-state index in [4.69, 9.17) is 0 Å². The van der Waals surface area contributed by atoms with Crippen molar-refractivity contribution in [2.45, 2.75) is 57.7 Å². The van der Waals surface area contributed by atoms with Crippen LogP contribution in [0.5, 0.6) is 0 Å². The van der Waals surface area contributed by atoms with Gasteiger partial charge >= 0.3 is 0 Å². The number of likely N-dealkylation sites (tertiary alicyclic amines) is 1. The number of hydrogen-bond donors (Lipinski definition) is 3. The largest absolute Gasteiger partial charge is 0.392 e. The highest BCUT2D eigenvalue weighted by atomic mass is 16.3. The van der Waals surface area contributed by atoms with Gasteiger partial charge in [0.05, 0.1) is 12.2 Å². The van der Waals surface area contributed by atoms with Crippen molar-refractivity contribution in [1.29, 1.82) is 0 Å². The van der Waals surface area contributed by atoms with E-state index in [-0.39, 0.29) is 12.0 Å². The van der Waals surface area contributed by atoms with Gasteiger partial charge in [0.1, 0.15) is 0 Å². The van der Waals surface area contributed by atoms with Crippen LogP contribution in [0.15, 0.2) is 48.1 Å². The molecule has 170 valence electrons. The first-order chi connectivity index (χ1) is 15.1. The number of aryl methyl sites for hydroxylation is 1. The monoisotopic (exact) mass is 424 g/mol. The Labute approximate surface area is 188 Å². The molecular weight excluding hydrogens is 384 g/mol. The third-order valence-corrected chi connectivity index (χ3v) is 7.41. The highest BCUT2D eigenvalue weighted by Gasteiger charge is 2.43. The molecule has 31 heavy (non-hydrogen) atoms. The first kappa shape index (κ1) is 22.7. The van der Waals surface area contributed by atoms with Gasteiger partial charge in [-0.1, -0.05) is 53.6 Å². The molecule has 3 aliphatic rings. The zero-order valence-electron chi connectivity index (χ0n) is 19.0. The number of rotatable bonds is 10. The lowest BCUT2D eigenvalue weighted by molar-refractivity contribution is 0.140. The van der Waals surface area contributed by atoms with E-state index in [1.54, 1.807) is 0 Å². The summed E-state index contributed by atoms with van der Waals surface area (Å²) in [5, 5.41) is 24.7. The van der Waals surface area contributed by atoms with Gasteiger partial charge in [-0.3, -0.25) is 0 Å². The van der Waals surface area contributed by atoms with Crippen LogP contribution >= 0.6 is 0 Å². The molecule has 1 aromatic rings. The molecule has 3 N–H and O–H groups in total. The lowest BCUT2D eigenvalue weighted by atomic mass is 9.89. The fourth-order valence-electron chi connectivity index (χ4n) is 5.82. The summed E-state index contributed by atoms with van der Waals surface area (Å²) >= 11 is 0. The molecule has 1 aliphatic heterocycles. The fourth-order valence-corrected chi connectivity index (χ4v) is 5.82. The van der Waals surface area contributed by atoms with E-state index in [9.17, 15) is 10.2 Å². The maximum atomic E-state index is 10.6. The van der Waals surface area contributed by atoms with Crippen LogP contribution in [0.3, 0.4) is 0 Å². The fraction of sp³-hybridized carbons (Fsp3) is 0.630. The molecule has 0 bridgehead atoms. The molecule has 2 fully saturated rings. The summed E-state index contributed by atoms with van der Waals surface area (Å²) in [6, 6.07) is 8.31. The van der Waals surface area contributed by atoms with Gasteiger partial charge in [-0.25, -0.2) is 0 Å². The first-order valence-electron chi connectivity index (χ1n) is 12.3. The number of aliphatic hydroxyl groups is 2. The zero-order chi connectivity index (χ0) is 21.6. The van der Waals surface area contributed by atoms with Crippen LogP contribution in [0.4, 0.5) is 0 Å². The molecule has 5 atom stereocenters. The van der Waals surface area contributed by atoms with Crippen LogP contribution < -0.4 is 5.32 Å². The quantitative estimate of drug-likeness (QED) is 0.398. The molecule has 0 spiro atoms. The number of aliphatic hydroxyl groups excluding tert-OH is 2. The predicted molar refractivity (Wildman–Crippen MR) is 127 cm³/mol. The average molecular weight is 425 g/mol. The van der Waals surface area contributed by atoms with Crippen LogP contribution in [-0.2, 0) is 6.42 Å². The predicted octanol–water partition coefficient (Wildman–Crippen LogP) is 3.47.